The summed E-state index contributed by atoms with van der Waals surface area (Å²) >= 11 is 0. The van der Waals surface area contributed by atoms with E-state index < -0.39 is 0 Å². The van der Waals surface area contributed by atoms with Crippen molar-refractivity contribution in [2.45, 2.75) is 41.5 Å². The first kappa shape index (κ1) is 13.9. The molecule has 1 aliphatic heterocycles. The Labute approximate surface area is 93.7 Å². The largest absolute Gasteiger partial charge is 0.459 e. The van der Waals surface area contributed by atoms with Crippen LogP contribution in [0.1, 0.15) is 41.5 Å². The van der Waals surface area contributed by atoms with Crippen LogP contribution >= 0.6 is 0 Å². The predicted octanol–water partition coefficient (Wildman–Crippen LogP) is 3.95. The van der Waals surface area contributed by atoms with Gasteiger partial charge in [-0.3, -0.25) is 4.99 Å². The van der Waals surface area contributed by atoms with Gasteiger partial charge < -0.3 is 4.74 Å². The number of aliphatic imine (C=N–C) groups is 1. The van der Waals surface area contributed by atoms with Crippen molar-refractivity contribution in [1.29, 1.82) is 0 Å². The summed E-state index contributed by atoms with van der Waals surface area (Å²) in [7, 11) is 0. The lowest BCUT2D eigenvalue weighted by Gasteiger charge is -2.06. The molecule has 2 heteroatoms. The normalized spacial score (nSPS) is 20.1. The van der Waals surface area contributed by atoms with Crippen LogP contribution in [0.25, 0.3) is 0 Å². The van der Waals surface area contributed by atoms with Gasteiger partial charge in [-0.05, 0) is 19.9 Å². The molecule has 0 unspecified atom stereocenters. The molecule has 0 amide bonds. The van der Waals surface area contributed by atoms with E-state index in [1.54, 1.807) is 0 Å². The van der Waals surface area contributed by atoms with E-state index in [0.29, 0.717) is 5.92 Å². The van der Waals surface area contributed by atoms with Gasteiger partial charge in [-0.25, -0.2) is 0 Å². The summed E-state index contributed by atoms with van der Waals surface area (Å²) in [4.78, 5) is 4.36. The zero-order valence-electron chi connectivity index (χ0n) is 10.8. The van der Waals surface area contributed by atoms with Crippen molar-refractivity contribution < 1.29 is 4.74 Å². The number of allylic oxidation sites excluding steroid dienone is 3. The summed E-state index contributed by atoms with van der Waals surface area (Å²) in [5.41, 5.74) is 0.980. The van der Waals surface area contributed by atoms with Gasteiger partial charge in [-0.15, -0.1) is 0 Å². The minimum absolute atomic E-state index is 0.430. The highest BCUT2D eigenvalue weighted by molar-refractivity contribution is 6.09. The van der Waals surface area contributed by atoms with Gasteiger partial charge in [0.1, 0.15) is 17.2 Å². The molecule has 0 aromatic rings. The van der Waals surface area contributed by atoms with E-state index in [1.807, 2.05) is 39.8 Å². The zero-order valence-corrected chi connectivity index (χ0v) is 10.8. The molecule has 1 rings (SSSR count). The quantitative estimate of drug-likeness (QED) is 0.675. The maximum Gasteiger partial charge on any atom is 0.147 e. The summed E-state index contributed by atoms with van der Waals surface area (Å²) in [5, 5.41) is 0. The standard InChI is InChI=1S/C11H17NO.C2H6/c1-5-10-9(12-6-2)7-11(13-10)8(3)4;1-2/h5,7-8H,6H2,1-4H3;1-2H3/b10-5+,12-9?;. The van der Waals surface area contributed by atoms with E-state index in [9.17, 15) is 0 Å². The van der Waals surface area contributed by atoms with E-state index in [0.717, 1.165) is 23.8 Å². The second-order valence-corrected chi connectivity index (χ2v) is 3.32. The minimum atomic E-state index is 0.430. The average Bonchev–Trinajstić information content (AvgIpc) is 2.65. The molecular formula is C13H23NO. The Morgan fingerprint density at radius 3 is 2.40 bits per heavy atom. The van der Waals surface area contributed by atoms with Crippen LogP contribution in [-0.4, -0.2) is 12.3 Å². The number of ether oxygens (including phenoxy) is 1. The molecule has 0 aliphatic carbocycles. The number of rotatable bonds is 2. The molecule has 0 radical (unpaired) electrons. The Kier molecular flexibility index (Phi) is 6.76. The molecule has 0 N–H and O–H groups in total. The van der Waals surface area contributed by atoms with Crippen molar-refractivity contribution in [3.63, 3.8) is 0 Å². The number of hydrogen-bond acceptors (Lipinski definition) is 2. The Morgan fingerprint density at radius 2 is 2.00 bits per heavy atom. The predicted molar refractivity (Wildman–Crippen MR) is 67.1 cm³/mol. The highest BCUT2D eigenvalue weighted by Gasteiger charge is 2.19. The summed E-state index contributed by atoms with van der Waals surface area (Å²) < 4.78 is 5.63. The minimum Gasteiger partial charge on any atom is -0.459 e. The van der Waals surface area contributed by atoms with E-state index in [1.165, 1.54) is 0 Å². The molecule has 0 saturated carbocycles. The van der Waals surface area contributed by atoms with Crippen molar-refractivity contribution in [2.75, 3.05) is 6.54 Å². The molecule has 0 bridgehead atoms. The molecule has 0 atom stereocenters. The number of hydrogen-bond donors (Lipinski definition) is 0. The molecule has 0 spiro atoms. The maximum atomic E-state index is 5.63. The third kappa shape index (κ3) is 3.90. The van der Waals surface area contributed by atoms with Crippen LogP contribution in [0.5, 0.6) is 0 Å². The fourth-order valence-corrected chi connectivity index (χ4v) is 1.20. The first-order chi connectivity index (χ1) is 7.19. The van der Waals surface area contributed by atoms with Crippen LogP contribution in [0, 0.1) is 5.92 Å². The van der Waals surface area contributed by atoms with E-state index >= 15 is 0 Å². The third-order valence-corrected chi connectivity index (χ3v) is 1.92. The fraction of sp³-hybridized carbons (Fsp3) is 0.615. The molecule has 86 valence electrons. The topological polar surface area (TPSA) is 21.6 Å². The van der Waals surface area contributed by atoms with Gasteiger partial charge in [0.15, 0.2) is 0 Å². The van der Waals surface area contributed by atoms with E-state index in [2.05, 4.69) is 18.8 Å². The maximum absolute atomic E-state index is 5.63. The van der Waals surface area contributed by atoms with Crippen molar-refractivity contribution in [1.82, 2.24) is 0 Å². The van der Waals surface area contributed by atoms with E-state index in [-0.39, 0.29) is 0 Å². The molecule has 0 aromatic heterocycles. The fourth-order valence-electron chi connectivity index (χ4n) is 1.20. The Morgan fingerprint density at radius 1 is 1.40 bits per heavy atom. The second kappa shape index (κ2) is 7.27. The lowest BCUT2D eigenvalue weighted by molar-refractivity contribution is 0.297. The molecular weight excluding hydrogens is 186 g/mol. The molecule has 15 heavy (non-hydrogen) atoms. The summed E-state index contributed by atoms with van der Waals surface area (Å²) in [6, 6.07) is 0. The average molecular weight is 209 g/mol. The molecule has 0 aromatic carbocycles. The van der Waals surface area contributed by atoms with Gasteiger partial charge in [0.2, 0.25) is 0 Å². The first-order valence-electron chi connectivity index (χ1n) is 5.79. The molecule has 0 saturated heterocycles. The van der Waals surface area contributed by atoms with Crippen molar-refractivity contribution in [3.05, 3.63) is 23.7 Å². The second-order valence-electron chi connectivity index (χ2n) is 3.32. The number of nitrogens with zero attached hydrogens (tertiary/aromatic N) is 1. The van der Waals surface area contributed by atoms with Gasteiger partial charge in [0.05, 0.1) is 0 Å². The molecule has 0 fully saturated rings. The molecule has 1 aliphatic rings. The molecule has 2 nitrogen and oxygen atoms in total. The summed E-state index contributed by atoms with van der Waals surface area (Å²) in [6.07, 6.45) is 3.99. The van der Waals surface area contributed by atoms with Gasteiger partial charge in [0.25, 0.3) is 0 Å². The van der Waals surface area contributed by atoms with Crippen LogP contribution in [0.4, 0.5) is 0 Å². The van der Waals surface area contributed by atoms with Gasteiger partial charge >= 0.3 is 0 Å². The lowest BCUT2D eigenvalue weighted by atomic mass is 10.1. The van der Waals surface area contributed by atoms with Gasteiger partial charge in [-0.2, -0.15) is 0 Å². The van der Waals surface area contributed by atoms with E-state index in [4.69, 9.17) is 4.74 Å². The smallest absolute Gasteiger partial charge is 0.147 e. The van der Waals surface area contributed by atoms with Crippen molar-refractivity contribution >= 4 is 5.71 Å². The van der Waals surface area contributed by atoms with Crippen molar-refractivity contribution in [3.8, 4) is 0 Å². The van der Waals surface area contributed by atoms with Crippen LogP contribution in [0.15, 0.2) is 28.7 Å². The zero-order chi connectivity index (χ0) is 11.8. The van der Waals surface area contributed by atoms with Gasteiger partial charge in [-0.1, -0.05) is 27.7 Å². The summed E-state index contributed by atoms with van der Waals surface area (Å²) in [5.74, 6) is 2.34. The van der Waals surface area contributed by atoms with Crippen LogP contribution < -0.4 is 0 Å². The Hall–Kier alpha value is -1.05. The lowest BCUT2D eigenvalue weighted by Crippen LogP contribution is -1.95. The Bertz CT molecular complexity index is 272. The Balaban J connectivity index is 0.000000921. The first-order valence-corrected chi connectivity index (χ1v) is 5.79. The van der Waals surface area contributed by atoms with Crippen LogP contribution in [0.2, 0.25) is 0 Å². The van der Waals surface area contributed by atoms with Crippen LogP contribution in [-0.2, 0) is 4.74 Å². The molecule has 1 heterocycles. The SMILES string of the molecule is C/C=C1/OC(C(C)C)=CC1=NCC.CC. The highest BCUT2D eigenvalue weighted by atomic mass is 16.5. The third-order valence-electron chi connectivity index (χ3n) is 1.92. The van der Waals surface area contributed by atoms with Crippen molar-refractivity contribution in [2.24, 2.45) is 10.9 Å². The van der Waals surface area contributed by atoms with Gasteiger partial charge in [0, 0.05) is 18.5 Å². The highest BCUT2D eigenvalue weighted by Crippen LogP contribution is 2.24. The monoisotopic (exact) mass is 209 g/mol. The van der Waals surface area contributed by atoms with Crippen LogP contribution in [0.3, 0.4) is 0 Å². The summed E-state index contributed by atoms with van der Waals surface area (Å²) in [6.45, 7) is 13.0.